The Labute approximate surface area is 232 Å². The van der Waals surface area contributed by atoms with Crippen LogP contribution in [-0.4, -0.2) is 12.3 Å². The first kappa shape index (κ1) is 29.2. The number of unbranched alkanes of at least 4 members (excludes halogenated alkanes) is 2. The summed E-state index contributed by atoms with van der Waals surface area (Å²) in [5.74, 6) is -0.427. The molecule has 3 rings (SSSR count). The number of amides is 1. The van der Waals surface area contributed by atoms with Crippen LogP contribution in [0.2, 0.25) is 0 Å². The van der Waals surface area contributed by atoms with E-state index in [0.717, 1.165) is 32.1 Å². The molecule has 0 aliphatic carbocycles. The fourth-order valence-electron chi connectivity index (χ4n) is 3.73. The molecule has 0 aliphatic rings. The van der Waals surface area contributed by atoms with Gasteiger partial charge in [0.15, 0.2) is 0 Å². The van der Waals surface area contributed by atoms with Gasteiger partial charge in [0.2, 0.25) is 0 Å². The maximum absolute atomic E-state index is 12.7. The maximum atomic E-state index is 12.7. The summed E-state index contributed by atoms with van der Waals surface area (Å²) in [6, 6.07) is 17.6. The van der Waals surface area contributed by atoms with Gasteiger partial charge in [-0.2, -0.15) is 0 Å². The Morgan fingerprint density at radius 3 is 2.00 bits per heavy atom. The van der Waals surface area contributed by atoms with E-state index in [4.69, 9.17) is 0 Å². The van der Waals surface area contributed by atoms with Crippen molar-refractivity contribution in [3.05, 3.63) is 97.4 Å². The molecule has 0 saturated heterocycles. The molecule has 0 aromatic heterocycles. The highest BCUT2D eigenvalue weighted by Gasteiger charge is 2.30. The van der Waals surface area contributed by atoms with E-state index in [0.29, 0.717) is 25.2 Å². The molecule has 0 spiro atoms. The van der Waals surface area contributed by atoms with Gasteiger partial charge in [-0.1, -0.05) is 88.0 Å². The largest absolute Gasteiger partial charge is 0.573 e. The van der Waals surface area contributed by atoms with Crippen LogP contribution in [0.15, 0.2) is 69.6 Å². The number of carbonyl (C=O) groups is 1. The number of rotatable bonds is 12. The van der Waals surface area contributed by atoms with Gasteiger partial charge in [-0.25, -0.2) is 0 Å². The molecule has 2 N–H and O–H groups in total. The second-order valence-corrected chi connectivity index (χ2v) is 10.4. The Morgan fingerprint density at radius 2 is 1.41 bits per heavy atom. The van der Waals surface area contributed by atoms with Crippen LogP contribution in [0.1, 0.15) is 58.8 Å². The highest BCUT2D eigenvalue weighted by molar-refractivity contribution is 9.11. The van der Waals surface area contributed by atoms with E-state index in [1.54, 1.807) is 24.3 Å². The van der Waals surface area contributed by atoms with Crippen molar-refractivity contribution in [3.8, 4) is 5.75 Å². The number of halogens is 5. The number of benzene rings is 3. The Hall–Kier alpha value is -2.36. The van der Waals surface area contributed by atoms with Crippen LogP contribution in [0.5, 0.6) is 5.75 Å². The van der Waals surface area contributed by atoms with E-state index in [-0.39, 0.29) is 11.7 Å². The maximum Gasteiger partial charge on any atom is 0.573 e. The summed E-state index contributed by atoms with van der Waals surface area (Å²) in [4.78, 5) is 12.7. The molecule has 4 nitrogen and oxygen atoms in total. The molecule has 0 radical (unpaired) electrons. The van der Waals surface area contributed by atoms with Gasteiger partial charge in [0.1, 0.15) is 5.75 Å². The molecule has 37 heavy (non-hydrogen) atoms. The zero-order chi connectivity index (χ0) is 26.8. The molecule has 0 atom stereocenters. The van der Waals surface area contributed by atoms with Crippen LogP contribution in [0.3, 0.4) is 0 Å². The fourth-order valence-corrected chi connectivity index (χ4v) is 5.20. The minimum atomic E-state index is -4.71. The first-order valence-corrected chi connectivity index (χ1v) is 13.6. The van der Waals surface area contributed by atoms with Crippen LogP contribution in [0.4, 0.5) is 13.2 Å². The summed E-state index contributed by atoms with van der Waals surface area (Å²) in [6.45, 7) is 3.57. The highest BCUT2D eigenvalue weighted by atomic mass is 79.9. The predicted octanol–water partition coefficient (Wildman–Crippen LogP) is 8.06. The Bertz CT molecular complexity index is 1140. The zero-order valence-corrected chi connectivity index (χ0v) is 23.6. The standard InChI is InChI=1S/C28H29Br2F3N2O2/c1-2-3-4-5-19-6-8-21(9-7-19)17-35-27(36)22-14-25(29)24(26(30)15-22)18-34-16-20-10-12-23(13-11-20)37-28(31,32)33/h6-15,34H,2-5,16-18H2,1H3,(H,35,36). The summed E-state index contributed by atoms with van der Waals surface area (Å²) in [7, 11) is 0. The first-order valence-electron chi connectivity index (χ1n) is 12.0. The lowest BCUT2D eigenvalue weighted by Crippen LogP contribution is -2.23. The number of ether oxygens (including phenoxy) is 1. The summed E-state index contributed by atoms with van der Waals surface area (Å²) in [5.41, 5.74) is 4.62. The predicted molar refractivity (Wildman–Crippen MR) is 146 cm³/mol. The van der Waals surface area contributed by atoms with Gasteiger partial charge in [0, 0.05) is 34.1 Å². The normalized spacial score (nSPS) is 11.4. The molecule has 0 fully saturated rings. The molecule has 9 heteroatoms. The minimum absolute atomic E-state index is 0.172. The van der Waals surface area contributed by atoms with Gasteiger partial charge in [-0.05, 0) is 59.4 Å². The number of hydrogen-bond donors (Lipinski definition) is 2. The van der Waals surface area contributed by atoms with Crippen LogP contribution >= 0.6 is 31.9 Å². The zero-order valence-electron chi connectivity index (χ0n) is 20.4. The molecule has 0 unspecified atom stereocenters. The quantitative estimate of drug-likeness (QED) is 0.197. The van der Waals surface area contributed by atoms with E-state index in [2.05, 4.69) is 78.4 Å². The van der Waals surface area contributed by atoms with E-state index >= 15 is 0 Å². The Balaban J connectivity index is 1.50. The first-order chi connectivity index (χ1) is 17.6. The van der Waals surface area contributed by atoms with Crippen molar-refractivity contribution >= 4 is 37.8 Å². The van der Waals surface area contributed by atoms with Crippen molar-refractivity contribution in [2.45, 2.75) is 58.6 Å². The smallest absolute Gasteiger partial charge is 0.406 e. The van der Waals surface area contributed by atoms with Crippen molar-refractivity contribution in [1.82, 2.24) is 10.6 Å². The molecule has 0 heterocycles. The third-order valence-corrected chi connectivity index (χ3v) is 7.15. The van der Waals surface area contributed by atoms with Gasteiger partial charge in [0.25, 0.3) is 5.91 Å². The lowest BCUT2D eigenvalue weighted by atomic mass is 10.1. The molecule has 1 amide bonds. The topological polar surface area (TPSA) is 50.4 Å². The molecule has 0 aliphatic heterocycles. The molecular formula is C28H29Br2F3N2O2. The monoisotopic (exact) mass is 640 g/mol. The molecule has 198 valence electrons. The number of hydrogen-bond acceptors (Lipinski definition) is 3. The second kappa shape index (κ2) is 14.0. The van der Waals surface area contributed by atoms with E-state index in [1.165, 1.54) is 37.0 Å². The molecule has 0 saturated carbocycles. The fraction of sp³-hybridized carbons (Fsp3) is 0.321. The minimum Gasteiger partial charge on any atom is -0.406 e. The van der Waals surface area contributed by atoms with Crippen molar-refractivity contribution < 1.29 is 22.7 Å². The Kier molecular flexibility index (Phi) is 11.0. The number of aryl methyl sites for hydroxylation is 1. The second-order valence-electron chi connectivity index (χ2n) is 8.67. The van der Waals surface area contributed by atoms with Gasteiger partial charge in [-0.15, -0.1) is 13.2 Å². The number of nitrogens with one attached hydrogen (secondary N) is 2. The van der Waals surface area contributed by atoms with Crippen LogP contribution in [-0.2, 0) is 26.1 Å². The SMILES string of the molecule is CCCCCc1ccc(CNC(=O)c2cc(Br)c(CNCc3ccc(OC(F)(F)F)cc3)c(Br)c2)cc1. The van der Waals surface area contributed by atoms with Gasteiger partial charge in [-0.3, -0.25) is 4.79 Å². The highest BCUT2D eigenvalue weighted by Crippen LogP contribution is 2.28. The van der Waals surface area contributed by atoms with Crippen molar-refractivity contribution in [2.24, 2.45) is 0 Å². The van der Waals surface area contributed by atoms with Crippen LogP contribution in [0.25, 0.3) is 0 Å². The van der Waals surface area contributed by atoms with Crippen molar-refractivity contribution in [3.63, 3.8) is 0 Å². The van der Waals surface area contributed by atoms with E-state index in [9.17, 15) is 18.0 Å². The van der Waals surface area contributed by atoms with E-state index < -0.39 is 6.36 Å². The number of alkyl halides is 3. The van der Waals surface area contributed by atoms with Gasteiger partial charge < -0.3 is 15.4 Å². The number of carbonyl (C=O) groups excluding carboxylic acids is 1. The molecule has 3 aromatic rings. The van der Waals surface area contributed by atoms with Crippen molar-refractivity contribution in [1.29, 1.82) is 0 Å². The van der Waals surface area contributed by atoms with Gasteiger partial charge >= 0.3 is 6.36 Å². The Morgan fingerprint density at radius 1 is 0.838 bits per heavy atom. The van der Waals surface area contributed by atoms with Gasteiger partial charge in [0.05, 0.1) is 0 Å². The third-order valence-electron chi connectivity index (χ3n) is 5.74. The molecule has 0 bridgehead atoms. The summed E-state index contributed by atoms with van der Waals surface area (Å²) >= 11 is 7.09. The third kappa shape index (κ3) is 9.79. The molecular weight excluding hydrogens is 613 g/mol. The van der Waals surface area contributed by atoms with Crippen LogP contribution < -0.4 is 15.4 Å². The summed E-state index contributed by atoms with van der Waals surface area (Å²) in [5, 5.41) is 6.23. The van der Waals surface area contributed by atoms with E-state index in [1.807, 2.05) is 0 Å². The lowest BCUT2D eigenvalue weighted by molar-refractivity contribution is -0.274. The molecule has 3 aromatic carbocycles. The summed E-state index contributed by atoms with van der Waals surface area (Å²) < 4.78 is 42.3. The van der Waals surface area contributed by atoms with Crippen LogP contribution in [0, 0.1) is 0 Å². The average molecular weight is 642 g/mol. The summed E-state index contributed by atoms with van der Waals surface area (Å²) in [6.07, 6.45) is -0.00557. The van der Waals surface area contributed by atoms with Crippen molar-refractivity contribution in [2.75, 3.05) is 0 Å². The lowest BCUT2D eigenvalue weighted by Gasteiger charge is -2.13. The average Bonchev–Trinajstić information content (AvgIpc) is 2.85.